The fraction of sp³-hybridized carbons (Fsp3) is 0.909. The van der Waals surface area contributed by atoms with E-state index in [9.17, 15) is 0 Å². The third kappa shape index (κ3) is 3.93. The molecule has 0 bridgehead atoms. The van der Waals surface area contributed by atoms with Crippen LogP contribution in [-0.2, 0) is 0 Å². The highest BCUT2D eigenvalue weighted by Gasteiger charge is 2.32. The minimum absolute atomic E-state index is 0.363. The molecule has 1 saturated carbocycles. The molecule has 15 heavy (non-hydrogen) atoms. The second-order valence-electron chi connectivity index (χ2n) is 4.59. The fourth-order valence-electron chi connectivity index (χ4n) is 2.02. The minimum Gasteiger partial charge on any atom is -0.370 e. The molecule has 1 aliphatic carbocycles. The van der Waals surface area contributed by atoms with Crippen LogP contribution in [-0.4, -0.2) is 29.5 Å². The van der Waals surface area contributed by atoms with Crippen molar-refractivity contribution < 1.29 is 0 Å². The lowest BCUT2D eigenvalue weighted by atomic mass is 10.1. The van der Waals surface area contributed by atoms with Gasteiger partial charge in [0.25, 0.3) is 0 Å². The highest BCUT2D eigenvalue weighted by atomic mass is 32.2. The molecule has 88 valence electrons. The summed E-state index contributed by atoms with van der Waals surface area (Å²) in [5.74, 6) is 0.588. The Labute approximate surface area is 97.3 Å². The monoisotopic (exact) mass is 229 g/mol. The van der Waals surface area contributed by atoms with E-state index < -0.39 is 0 Å². The molecule has 0 saturated heterocycles. The second kappa shape index (κ2) is 5.64. The zero-order chi connectivity index (χ0) is 11.3. The van der Waals surface area contributed by atoms with E-state index in [1.807, 2.05) is 11.8 Å². The summed E-state index contributed by atoms with van der Waals surface area (Å²) in [6, 6.07) is 0.363. The quantitative estimate of drug-likeness (QED) is 0.572. The van der Waals surface area contributed by atoms with Crippen molar-refractivity contribution in [1.82, 2.24) is 5.32 Å². The molecule has 0 heterocycles. The first-order valence-corrected chi connectivity index (χ1v) is 6.92. The van der Waals surface area contributed by atoms with Gasteiger partial charge >= 0.3 is 0 Å². The van der Waals surface area contributed by atoms with Gasteiger partial charge in [0.1, 0.15) is 0 Å². The SMILES string of the molecule is CSC1(CN=C(N)NC(C)C)CCCC1. The van der Waals surface area contributed by atoms with E-state index in [1.165, 1.54) is 25.7 Å². The Morgan fingerprint density at radius 1 is 1.47 bits per heavy atom. The zero-order valence-electron chi connectivity index (χ0n) is 10.0. The van der Waals surface area contributed by atoms with Gasteiger partial charge < -0.3 is 11.1 Å². The van der Waals surface area contributed by atoms with Gasteiger partial charge in [0.05, 0.1) is 6.54 Å². The summed E-state index contributed by atoms with van der Waals surface area (Å²) >= 11 is 1.95. The Morgan fingerprint density at radius 2 is 2.07 bits per heavy atom. The van der Waals surface area contributed by atoms with E-state index >= 15 is 0 Å². The molecule has 0 aromatic carbocycles. The Kier molecular flexibility index (Phi) is 4.77. The lowest BCUT2D eigenvalue weighted by molar-refractivity contribution is 0.616. The van der Waals surface area contributed by atoms with Gasteiger partial charge in [-0.1, -0.05) is 12.8 Å². The van der Waals surface area contributed by atoms with Gasteiger partial charge in [0.2, 0.25) is 0 Å². The molecule has 4 heteroatoms. The molecule has 0 aromatic heterocycles. The predicted molar refractivity (Wildman–Crippen MR) is 69.5 cm³/mol. The predicted octanol–water partition coefficient (Wildman–Crippen LogP) is 1.97. The van der Waals surface area contributed by atoms with Crippen LogP contribution in [0.5, 0.6) is 0 Å². The van der Waals surface area contributed by atoms with Crippen molar-refractivity contribution in [3.8, 4) is 0 Å². The molecular weight excluding hydrogens is 206 g/mol. The summed E-state index contributed by atoms with van der Waals surface area (Å²) in [5.41, 5.74) is 5.80. The van der Waals surface area contributed by atoms with Crippen LogP contribution in [0.25, 0.3) is 0 Å². The van der Waals surface area contributed by atoms with Crippen molar-refractivity contribution >= 4 is 17.7 Å². The smallest absolute Gasteiger partial charge is 0.188 e. The third-order valence-electron chi connectivity index (χ3n) is 2.92. The van der Waals surface area contributed by atoms with E-state index in [2.05, 4.69) is 30.4 Å². The van der Waals surface area contributed by atoms with E-state index in [4.69, 9.17) is 5.73 Å². The van der Waals surface area contributed by atoms with Crippen LogP contribution >= 0.6 is 11.8 Å². The van der Waals surface area contributed by atoms with Crippen LogP contribution in [0, 0.1) is 0 Å². The molecular formula is C11H23N3S. The summed E-state index contributed by atoms with van der Waals surface area (Å²) in [4.78, 5) is 4.45. The van der Waals surface area contributed by atoms with E-state index in [1.54, 1.807) is 0 Å². The van der Waals surface area contributed by atoms with Crippen molar-refractivity contribution in [3.63, 3.8) is 0 Å². The maximum Gasteiger partial charge on any atom is 0.188 e. The number of nitrogens with two attached hydrogens (primary N) is 1. The summed E-state index contributed by atoms with van der Waals surface area (Å²) < 4.78 is 0.364. The van der Waals surface area contributed by atoms with E-state index in [0.29, 0.717) is 16.7 Å². The molecule has 0 spiro atoms. The number of hydrogen-bond donors (Lipinski definition) is 2. The van der Waals surface area contributed by atoms with Crippen molar-refractivity contribution in [1.29, 1.82) is 0 Å². The average molecular weight is 229 g/mol. The minimum atomic E-state index is 0.363. The average Bonchev–Trinajstić information content (AvgIpc) is 2.63. The number of rotatable bonds is 4. The maximum absolute atomic E-state index is 5.80. The first-order valence-electron chi connectivity index (χ1n) is 5.69. The lowest BCUT2D eigenvalue weighted by Gasteiger charge is -2.24. The van der Waals surface area contributed by atoms with Crippen molar-refractivity contribution in [2.24, 2.45) is 10.7 Å². The van der Waals surface area contributed by atoms with Crippen molar-refractivity contribution in [3.05, 3.63) is 0 Å². The zero-order valence-corrected chi connectivity index (χ0v) is 10.9. The molecule has 3 nitrogen and oxygen atoms in total. The lowest BCUT2D eigenvalue weighted by Crippen LogP contribution is -2.38. The number of guanidine groups is 1. The number of hydrogen-bond acceptors (Lipinski definition) is 2. The molecule has 0 atom stereocenters. The van der Waals surface area contributed by atoms with Gasteiger partial charge in [-0.05, 0) is 32.9 Å². The molecule has 1 fully saturated rings. The van der Waals surface area contributed by atoms with Crippen LogP contribution in [0.2, 0.25) is 0 Å². The largest absolute Gasteiger partial charge is 0.370 e. The highest BCUT2D eigenvalue weighted by molar-refractivity contribution is 8.00. The van der Waals surface area contributed by atoms with Gasteiger partial charge in [-0.15, -0.1) is 0 Å². The molecule has 1 rings (SSSR count). The van der Waals surface area contributed by atoms with Crippen molar-refractivity contribution in [2.75, 3.05) is 12.8 Å². The highest BCUT2D eigenvalue weighted by Crippen LogP contribution is 2.40. The third-order valence-corrected chi connectivity index (χ3v) is 4.33. The summed E-state index contributed by atoms with van der Waals surface area (Å²) in [7, 11) is 0. The number of nitrogens with zero attached hydrogens (tertiary/aromatic N) is 1. The van der Waals surface area contributed by atoms with Gasteiger partial charge in [-0.3, -0.25) is 4.99 Å². The Bertz CT molecular complexity index is 220. The van der Waals surface area contributed by atoms with Crippen molar-refractivity contribution in [2.45, 2.75) is 50.3 Å². The van der Waals surface area contributed by atoms with Crippen LogP contribution in [0.3, 0.4) is 0 Å². The van der Waals surface area contributed by atoms with Gasteiger partial charge in [0.15, 0.2) is 5.96 Å². The maximum atomic E-state index is 5.80. The summed E-state index contributed by atoms with van der Waals surface area (Å²) in [6.45, 7) is 5.00. The molecule has 0 aromatic rings. The molecule has 0 aliphatic heterocycles. The second-order valence-corrected chi connectivity index (χ2v) is 5.87. The van der Waals surface area contributed by atoms with E-state index in [-0.39, 0.29) is 0 Å². The fourth-order valence-corrected chi connectivity index (χ4v) is 2.91. The first-order chi connectivity index (χ1) is 7.08. The first kappa shape index (κ1) is 12.7. The molecule has 0 amide bonds. The Morgan fingerprint density at radius 3 is 2.53 bits per heavy atom. The topological polar surface area (TPSA) is 50.4 Å². The number of aliphatic imine (C=N–C) groups is 1. The van der Waals surface area contributed by atoms with Crippen LogP contribution in [0.15, 0.2) is 4.99 Å². The summed E-state index contributed by atoms with van der Waals surface area (Å²) in [5, 5.41) is 3.13. The van der Waals surface area contributed by atoms with Gasteiger partial charge in [-0.25, -0.2) is 0 Å². The Balaban J connectivity index is 2.45. The molecule has 0 unspecified atom stereocenters. The van der Waals surface area contributed by atoms with Gasteiger partial charge in [-0.2, -0.15) is 11.8 Å². The van der Waals surface area contributed by atoms with Gasteiger partial charge in [0, 0.05) is 10.8 Å². The van der Waals surface area contributed by atoms with E-state index in [0.717, 1.165) is 6.54 Å². The Hall–Kier alpha value is -0.380. The molecule has 0 radical (unpaired) electrons. The van der Waals surface area contributed by atoms with Crippen LogP contribution in [0.4, 0.5) is 0 Å². The summed E-state index contributed by atoms with van der Waals surface area (Å²) in [6.07, 6.45) is 7.44. The molecule has 3 N–H and O–H groups in total. The standard InChI is InChI=1S/C11H23N3S/c1-9(2)14-10(12)13-8-11(15-3)6-4-5-7-11/h9H,4-8H2,1-3H3,(H3,12,13,14). The number of thioether (sulfide) groups is 1. The van der Waals surface area contributed by atoms with Crippen LogP contribution in [0.1, 0.15) is 39.5 Å². The van der Waals surface area contributed by atoms with Crippen LogP contribution < -0.4 is 11.1 Å². The molecule has 1 aliphatic rings. The number of nitrogens with one attached hydrogen (secondary N) is 1. The normalized spacial score (nSPS) is 20.9.